The molecule has 0 atom stereocenters. The Hall–Kier alpha value is -0.330. The molecule has 0 spiro atoms. The predicted molar refractivity (Wildman–Crippen MR) is 86.8 cm³/mol. The molecule has 1 aromatic carbocycles. The van der Waals surface area contributed by atoms with Gasteiger partial charge in [0.15, 0.2) is 0 Å². The molecule has 1 heterocycles. The van der Waals surface area contributed by atoms with E-state index >= 15 is 0 Å². The van der Waals surface area contributed by atoms with Crippen LogP contribution in [0.2, 0.25) is 0 Å². The first kappa shape index (κ1) is 15.1. The zero-order valence-corrected chi connectivity index (χ0v) is 15.3. The number of alkyl halides is 1. The van der Waals surface area contributed by atoms with Crippen molar-refractivity contribution in [2.75, 3.05) is 0 Å². The molecule has 0 bridgehead atoms. The number of hydrogen-bond donors (Lipinski definition) is 0. The molecule has 0 radical (unpaired) electrons. The molecule has 3 nitrogen and oxygen atoms in total. The second-order valence-corrected chi connectivity index (χ2v) is 6.35. The second-order valence-electron chi connectivity index (χ2n) is 4.15. The van der Waals surface area contributed by atoms with Crippen molar-refractivity contribution in [1.29, 1.82) is 0 Å². The first-order chi connectivity index (χ1) is 9.02. The lowest BCUT2D eigenvalue weighted by Gasteiger charge is -2.09. The summed E-state index contributed by atoms with van der Waals surface area (Å²) in [6.07, 6.45) is 0. The third-order valence-corrected chi connectivity index (χ3v) is 5.21. The highest BCUT2D eigenvalue weighted by Gasteiger charge is 2.11. The third kappa shape index (κ3) is 3.41. The molecule has 0 saturated heterocycles. The van der Waals surface area contributed by atoms with Gasteiger partial charge in [0.2, 0.25) is 0 Å². The minimum absolute atomic E-state index is 0.487. The summed E-state index contributed by atoms with van der Waals surface area (Å²) in [6, 6.07) is 5.97. The maximum Gasteiger partial charge on any atom is 0.131 e. The number of benzene rings is 1. The monoisotopic (exact) mass is 450 g/mol. The van der Waals surface area contributed by atoms with Gasteiger partial charge in [0.05, 0.1) is 15.9 Å². The van der Waals surface area contributed by atoms with E-state index in [9.17, 15) is 0 Å². The summed E-state index contributed by atoms with van der Waals surface area (Å²) in [5.74, 6) is 0.850. The van der Waals surface area contributed by atoms with E-state index in [4.69, 9.17) is 4.74 Å². The van der Waals surface area contributed by atoms with Crippen molar-refractivity contribution >= 4 is 47.8 Å². The van der Waals surface area contributed by atoms with Crippen LogP contribution in [-0.2, 0) is 19.0 Å². The number of ether oxygens (including phenoxy) is 1. The van der Waals surface area contributed by atoms with E-state index in [0.717, 1.165) is 37.0 Å². The third-order valence-electron chi connectivity index (χ3n) is 2.80. The average molecular weight is 453 g/mol. The molecular weight excluding hydrogens is 440 g/mol. The standard InChI is InChI=1S/C13H13Br3N2O/c1-8-13(16)12(18(2)17-8)7-19-10-3-4-11(15)9(5-10)6-14/h3-5H,6-7H2,1-2H3. The van der Waals surface area contributed by atoms with Crippen molar-refractivity contribution in [3.8, 4) is 5.75 Å². The van der Waals surface area contributed by atoms with Gasteiger partial charge < -0.3 is 4.74 Å². The van der Waals surface area contributed by atoms with E-state index < -0.39 is 0 Å². The van der Waals surface area contributed by atoms with Crippen molar-refractivity contribution in [2.24, 2.45) is 7.05 Å². The van der Waals surface area contributed by atoms with Crippen molar-refractivity contribution in [3.05, 3.63) is 44.1 Å². The van der Waals surface area contributed by atoms with Gasteiger partial charge in [-0.2, -0.15) is 5.10 Å². The summed E-state index contributed by atoms with van der Waals surface area (Å²) < 4.78 is 9.75. The molecule has 2 rings (SSSR count). The van der Waals surface area contributed by atoms with Gasteiger partial charge in [0, 0.05) is 16.9 Å². The maximum atomic E-state index is 5.83. The molecule has 0 amide bonds. The Morgan fingerprint density at radius 3 is 2.63 bits per heavy atom. The van der Waals surface area contributed by atoms with Crippen LogP contribution >= 0.6 is 47.8 Å². The van der Waals surface area contributed by atoms with E-state index in [2.05, 4.69) is 52.9 Å². The van der Waals surface area contributed by atoms with E-state index in [-0.39, 0.29) is 0 Å². The fourth-order valence-corrected chi connectivity index (χ4v) is 3.41. The smallest absolute Gasteiger partial charge is 0.131 e. The van der Waals surface area contributed by atoms with Gasteiger partial charge in [0.25, 0.3) is 0 Å². The minimum Gasteiger partial charge on any atom is -0.487 e. The average Bonchev–Trinajstić information content (AvgIpc) is 2.63. The minimum atomic E-state index is 0.487. The zero-order valence-electron chi connectivity index (χ0n) is 10.6. The lowest BCUT2D eigenvalue weighted by Crippen LogP contribution is -2.03. The largest absolute Gasteiger partial charge is 0.487 e. The van der Waals surface area contributed by atoms with E-state index in [1.165, 1.54) is 0 Å². The maximum absolute atomic E-state index is 5.83. The lowest BCUT2D eigenvalue weighted by atomic mass is 10.2. The first-order valence-corrected chi connectivity index (χ1v) is 8.39. The zero-order chi connectivity index (χ0) is 14.0. The van der Waals surface area contributed by atoms with Crippen LogP contribution in [0.25, 0.3) is 0 Å². The molecule has 2 aromatic rings. The molecule has 0 fully saturated rings. The van der Waals surface area contributed by atoms with Crippen LogP contribution in [0.4, 0.5) is 0 Å². The highest BCUT2D eigenvalue weighted by Crippen LogP contribution is 2.26. The summed E-state index contributed by atoms with van der Waals surface area (Å²) in [6.45, 7) is 2.46. The number of aromatic nitrogens is 2. The van der Waals surface area contributed by atoms with Gasteiger partial charge in [-0.1, -0.05) is 31.9 Å². The van der Waals surface area contributed by atoms with Crippen LogP contribution < -0.4 is 4.74 Å². The Morgan fingerprint density at radius 2 is 2.05 bits per heavy atom. The summed E-state index contributed by atoms with van der Waals surface area (Å²) in [5, 5.41) is 5.14. The molecule has 19 heavy (non-hydrogen) atoms. The topological polar surface area (TPSA) is 27.1 Å². The van der Waals surface area contributed by atoms with Crippen molar-refractivity contribution in [1.82, 2.24) is 9.78 Å². The Kier molecular flexibility index (Phi) is 5.09. The van der Waals surface area contributed by atoms with Gasteiger partial charge in [-0.25, -0.2) is 0 Å². The van der Waals surface area contributed by atoms with Crippen molar-refractivity contribution < 1.29 is 4.74 Å². The van der Waals surface area contributed by atoms with E-state index in [1.807, 2.05) is 36.9 Å². The molecular formula is C13H13Br3N2O. The van der Waals surface area contributed by atoms with Crippen LogP contribution in [0.1, 0.15) is 17.0 Å². The molecule has 0 aliphatic carbocycles. The lowest BCUT2D eigenvalue weighted by molar-refractivity contribution is 0.294. The quantitative estimate of drug-likeness (QED) is 0.627. The summed E-state index contributed by atoms with van der Waals surface area (Å²) >= 11 is 10.5. The molecule has 6 heteroatoms. The van der Waals surface area contributed by atoms with Crippen molar-refractivity contribution in [2.45, 2.75) is 18.9 Å². The molecule has 102 valence electrons. The van der Waals surface area contributed by atoms with Gasteiger partial charge in [-0.3, -0.25) is 4.68 Å². The molecule has 0 saturated carbocycles. The van der Waals surface area contributed by atoms with E-state index in [0.29, 0.717) is 6.61 Å². The fourth-order valence-electron chi connectivity index (χ4n) is 1.73. The number of rotatable bonds is 4. The van der Waals surface area contributed by atoms with Gasteiger partial charge in [-0.15, -0.1) is 0 Å². The molecule has 0 N–H and O–H groups in total. The Balaban J connectivity index is 2.14. The Labute approximate surface area is 137 Å². The van der Waals surface area contributed by atoms with Gasteiger partial charge >= 0.3 is 0 Å². The first-order valence-electron chi connectivity index (χ1n) is 5.68. The molecule has 0 unspecified atom stereocenters. The highest BCUT2D eigenvalue weighted by atomic mass is 79.9. The van der Waals surface area contributed by atoms with E-state index in [1.54, 1.807) is 0 Å². The van der Waals surface area contributed by atoms with Gasteiger partial charge in [-0.05, 0) is 46.6 Å². The Bertz CT molecular complexity index is 596. The number of nitrogens with zero attached hydrogens (tertiary/aromatic N) is 2. The summed E-state index contributed by atoms with van der Waals surface area (Å²) in [7, 11) is 1.92. The fraction of sp³-hybridized carbons (Fsp3) is 0.308. The van der Waals surface area contributed by atoms with Crippen LogP contribution in [-0.4, -0.2) is 9.78 Å². The molecule has 0 aliphatic heterocycles. The van der Waals surface area contributed by atoms with Crippen molar-refractivity contribution in [3.63, 3.8) is 0 Å². The number of hydrogen-bond acceptors (Lipinski definition) is 2. The van der Waals surface area contributed by atoms with Crippen LogP contribution in [0.15, 0.2) is 27.1 Å². The van der Waals surface area contributed by atoms with Crippen LogP contribution in [0.5, 0.6) is 5.75 Å². The summed E-state index contributed by atoms with van der Waals surface area (Å²) in [4.78, 5) is 0. The van der Waals surface area contributed by atoms with Crippen LogP contribution in [0.3, 0.4) is 0 Å². The normalized spacial score (nSPS) is 10.8. The highest BCUT2D eigenvalue weighted by molar-refractivity contribution is 9.11. The number of aryl methyl sites for hydroxylation is 2. The summed E-state index contributed by atoms with van der Waals surface area (Å²) in [5.41, 5.74) is 3.16. The molecule has 1 aromatic heterocycles. The SMILES string of the molecule is Cc1nn(C)c(COc2ccc(Br)c(CBr)c2)c1Br. The second kappa shape index (κ2) is 6.41. The van der Waals surface area contributed by atoms with Crippen LogP contribution in [0, 0.1) is 6.92 Å². The number of halogens is 3. The van der Waals surface area contributed by atoms with Gasteiger partial charge in [0.1, 0.15) is 12.4 Å². The molecule has 0 aliphatic rings. The Morgan fingerprint density at radius 1 is 1.32 bits per heavy atom. The predicted octanol–water partition coefficient (Wildman–Crippen LogP) is 4.73.